The van der Waals surface area contributed by atoms with Crippen molar-refractivity contribution in [2.24, 2.45) is 15.4 Å². The van der Waals surface area contributed by atoms with Crippen molar-refractivity contribution in [3.63, 3.8) is 0 Å². The normalized spacial score (nSPS) is 28.0. The molecule has 2 heterocycles. The van der Waals surface area contributed by atoms with Crippen molar-refractivity contribution in [2.75, 3.05) is 26.3 Å². The van der Waals surface area contributed by atoms with Gasteiger partial charge < -0.3 is 9.47 Å². The van der Waals surface area contributed by atoms with E-state index in [0.29, 0.717) is 0 Å². The summed E-state index contributed by atoms with van der Waals surface area (Å²) in [6, 6.07) is 0. The predicted molar refractivity (Wildman–Crippen MR) is 62.0 cm³/mol. The van der Waals surface area contributed by atoms with Gasteiger partial charge in [0.2, 0.25) is 0 Å². The van der Waals surface area contributed by atoms with E-state index in [9.17, 15) is 0 Å². The Kier molecular flexibility index (Phi) is 2.58. The molecule has 3 rings (SSSR count). The second-order valence-electron chi connectivity index (χ2n) is 4.71. The van der Waals surface area contributed by atoms with Gasteiger partial charge in [0.25, 0.3) is 0 Å². The van der Waals surface area contributed by atoms with Crippen LogP contribution in [0.5, 0.6) is 0 Å². The quantitative estimate of drug-likeness (QED) is 0.715. The molecule has 0 aromatic heterocycles. The van der Waals surface area contributed by atoms with E-state index in [1.807, 2.05) is 0 Å². The highest BCUT2D eigenvalue weighted by atomic mass is 16.5. The van der Waals surface area contributed by atoms with Gasteiger partial charge in [-0.05, 0) is 12.8 Å². The van der Waals surface area contributed by atoms with E-state index in [1.54, 1.807) is 0 Å². The van der Waals surface area contributed by atoms with Crippen LogP contribution in [0.2, 0.25) is 0 Å². The summed E-state index contributed by atoms with van der Waals surface area (Å²) in [6.45, 7) is 3.05. The highest BCUT2D eigenvalue weighted by molar-refractivity contribution is 6.06. The summed E-state index contributed by atoms with van der Waals surface area (Å²) in [5.41, 5.74) is -0.106. The minimum atomic E-state index is -0.106. The van der Waals surface area contributed by atoms with Gasteiger partial charge in [0.1, 0.15) is 18.6 Å². The molecular formula is C12H18N2O2. The molecule has 0 saturated heterocycles. The first kappa shape index (κ1) is 10.1. The lowest BCUT2D eigenvalue weighted by Gasteiger charge is -2.35. The van der Waals surface area contributed by atoms with E-state index in [1.165, 1.54) is 19.3 Å². The third-order valence-electron chi connectivity index (χ3n) is 3.70. The fraction of sp³-hybridized carbons (Fsp3) is 0.833. The molecule has 0 amide bonds. The molecular weight excluding hydrogens is 204 g/mol. The van der Waals surface area contributed by atoms with Gasteiger partial charge in [0, 0.05) is 0 Å². The smallest absolute Gasteiger partial charge is 0.199 e. The minimum absolute atomic E-state index is 0.106. The average molecular weight is 222 g/mol. The van der Waals surface area contributed by atoms with Crippen molar-refractivity contribution in [1.82, 2.24) is 0 Å². The van der Waals surface area contributed by atoms with Crippen molar-refractivity contribution in [2.45, 2.75) is 32.1 Å². The Morgan fingerprint density at radius 3 is 1.81 bits per heavy atom. The van der Waals surface area contributed by atoms with Crippen LogP contribution in [0.1, 0.15) is 32.1 Å². The summed E-state index contributed by atoms with van der Waals surface area (Å²) in [5, 5.41) is 0. The lowest BCUT2D eigenvalue weighted by atomic mass is 9.73. The number of hydrogen-bond donors (Lipinski definition) is 0. The molecule has 0 aromatic rings. The molecule has 0 radical (unpaired) electrons. The highest BCUT2D eigenvalue weighted by Crippen LogP contribution is 2.41. The molecule has 4 heteroatoms. The van der Waals surface area contributed by atoms with Crippen molar-refractivity contribution >= 4 is 11.8 Å². The Bertz CT molecular complexity index is 304. The van der Waals surface area contributed by atoms with Gasteiger partial charge in [-0.3, -0.25) is 9.98 Å². The van der Waals surface area contributed by atoms with Gasteiger partial charge in [-0.1, -0.05) is 19.3 Å². The maximum Gasteiger partial charge on any atom is 0.199 e. The van der Waals surface area contributed by atoms with Crippen LogP contribution in [-0.2, 0) is 9.47 Å². The van der Waals surface area contributed by atoms with E-state index >= 15 is 0 Å². The van der Waals surface area contributed by atoms with E-state index in [4.69, 9.17) is 9.47 Å². The van der Waals surface area contributed by atoms with Gasteiger partial charge in [-0.15, -0.1) is 0 Å². The van der Waals surface area contributed by atoms with Crippen LogP contribution < -0.4 is 0 Å². The van der Waals surface area contributed by atoms with Crippen molar-refractivity contribution < 1.29 is 9.47 Å². The summed E-state index contributed by atoms with van der Waals surface area (Å²) in [4.78, 5) is 9.02. The Hall–Kier alpha value is -1.06. The summed E-state index contributed by atoms with van der Waals surface area (Å²) in [7, 11) is 0. The molecule has 0 atom stereocenters. The number of rotatable bonds is 2. The number of ether oxygens (including phenoxy) is 2. The molecule has 3 aliphatic rings. The first-order valence-electron chi connectivity index (χ1n) is 6.27. The van der Waals surface area contributed by atoms with Crippen LogP contribution in [0.4, 0.5) is 0 Å². The van der Waals surface area contributed by atoms with Crippen molar-refractivity contribution in [3.05, 3.63) is 0 Å². The average Bonchev–Trinajstić information content (AvgIpc) is 3.04. The molecule has 1 fully saturated rings. The lowest BCUT2D eigenvalue weighted by molar-refractivity contribution is 0.229. The monoisotopic (exact) mass is 222 g/mol. The molecule has 0 spiro atoms. The van der Waals surface area contributed by atoms with Crippen LogP contribution in [0.15, 0.2) is 9.98 Å². The topological polar surface area (TPSA) is 43.2 Å². The molecule has 1 aliphatic carbocycles. The molecule has 16 heavy (non-hydrogen) atoms. The second-order valence-corrected chi connectivity index (χ2v) is 4.71. The minimum Gasteiger partial charge on any atom is -0.478 e. The summed E-state index contributed by atoms with van der Waals surface area (Å²) in [6.07, 6.45) is 5.94. The lowest BCUT2D eigenvalue weighted by Crippen LogP contribution is -2.41. The molecule has 88 valence electrons. The third kappa shape index (κ3) is 1.51. The van der Waals surface area contributed by atoms with E-state index in [-0.39, 0.29) is 5.41 Å². The Morgan fingerprint density at radius 2 is 1.38 bits per heavy atom. The zero-order valence-corrected chi connectivity index (χ0v) is 9.57. The molecule has 0 unspecified atom stereocenters. The molecule has 2 aliphatic heterocycles. The zero-order valence-electron chi connectivity index (χ0n) is 9.57. The summed E-state index contributed by atoms with van der Waals surface area (Å²) >= 11 is 0. The molecule has 4 nitrogen and oxygen atoms in total. The first-order valence-corrected chi connectivity index (χ1v) is 6.27. The molecule has 0 N–H and O–H groups in total. The van der Waals surface area contributed by atoms with E-state index < -0.39 is 0 Å². The van der Waals surface area contributed by atoms with Crippen molar-refractivity contribution in [1.29, 1.82) is 0 Å². The number of hydrogen-bond acceptors (Lipinski definition) is 4. The van der Waals surface area contributed by atoms with E-state index in [2.05, 4.69) is 9.98 Å². The SMILES string of the molecule is C1CCC(C2=NCCO2)(C2=NCCO2)CC1. The Labute approximate surface area is 95.8 Å². The Morgan fingerprint density at radius 1 is 0.812 bits per heavy atom. The van der Waals surface area contributed by atoms with Crippen LogP contribution in [0.3, 0.4) is 0 Å². The standard InChI is InChI=1S/C12H18N2O2/c1-2-4-12(5-3-1,10-13-6-8-15-10)11-14-7-9-16-11/h1-9H2. The first-order chi connectivity index (χ1) is 7.92. The van der Waals surface area contributed by atoms with E-state index in [0.717, 1.165) is 50.9 Å². The predicted octanol–water partition coefficient (Wildman–Crippen LogP) is 1.79. The maximum absolute atomic E-state index is 5.70. The van der Waals surface area contributed by atoms with Gasteiger partial charge in [-0.2, -0.15) is 0 Å². The third-order valence-corrected chi connectivity index (χ3v) is 3.70. The number of aliphatic imine (C=N–C) groups is 2. The van der Waals surface area contributed by atoms with Gasteiger partial charge in [-0.25, -0.2) is 0 Å². The van der Waals surface area contributed by atoms with Crippen LogP contribution >= 0.6 is 0 Å². The fourth-order valence-electron chi connectivity index (χ4n) is 2.92. The van der Waals surface area contributed by atoms with Crippen LogP contribution in [-0.4, -0.2) is 38.1 Å². The summed E-state index contributed by atoms with van der Waals surface area (Å²) in [5.74, 6) is 1.79. The van der Waals surface area contributed by atoms with Crippen LogP contribution in [0.25, 0.3) is 0 Å². The second kappa shape index (κ2) is 4.07. The highest BCUT2D eigenvalue weighted by Gasteiger charge is 2.47. The maximum atomic E-state index is 5.70. The molecule has 0 aromatic carbocycles. The molecule has 0 bridgehead atoms. The zero-order chi connectivity index (χ0) is 10.8. The van der Waals surface area contributed by atoms with Gasteiger partial charge in [0.05, 0.1) is 13.1 Å². The Balaban J connectivity index is 1.92. The fourth-order valence-corrected chi connectivity index (χ4v) is 2.92. The van der Waals surface area contributed by atoms with Crippen molar-refractivity contribution in [3.8, 4) is 0 Å². The number of nitrogens with zero attached hydrogens (tertiary/aromatic N) is 2. The largest absolute Gasteiger partial charge is 0.478 e. The van der Waals surface area contributed by atoms with Crippen LogP contribution in [0, 0.1) is 5.41 Å². The summed E-state index contributed by atoms with van der Waals surface area (Å²) < 4.78 is 11.4. The van der Waals surface area contributed by atoms with Gasteiger partial charge >= 0.3 is 0 Å². The van der Waals surface area contributed by atoms with Gasteiger partial charge in [0.15, 0.2) is 11.8 Å². The molecule has 1 saturated carbocycles.